The summed E-state index contributed by atoms with van der Waals surface area (Å²) in [5.74, 6) is -2.81. The third-order valence-corrected chi connectivity index (χ3v) is 2.28. The molecule has 2 rings (SSSR count). The SMILES string of the molecule is O=C(O)C[C@@H](Nc1nc2nc[nH]c2c(=O)[nH]1)C(=O)O. The van der Waals surface area contributed by atoms with Crippen LogP contribution < -0.4 is 10.9 Å². The molecule has 10 heteroatoms. The molecule has 0 aromatic carbocycles. The first-order chi connectivity index (χ1) is 8.97. The molecule has 0 radical (unpaired) electrons. The molecular weight excluding hydrogens is 258 g/mol. The van der Waals surface area contributed by atoms with E-state index in [0.717, 1.165) is 0 Å². The molecule has 2 aromatic rings. The van der Waals surface area contributed by atoms with Crippen molar-refractivity contribution in [3.63, 3.8) is 0 Å². The Labute approximate surface area is 104 Å². The molecule has 19 heavy (non-hydrogen) atoms. The molecule has 10 nitrogen and oxygen atoms in total. The highest BCUT2D eigenvalue weighted by atomic mass is 16.4. The number of H-pyrrole nitrogens is 2. The van der Waals surface area contributed by atoms with Gasteiger partial charge >= 0.3 is 11.9 Å². The van der Waals surface area contributed by atoms with Gasteiger partial charge in [-0.15, -0.1) is 0 Å². The molecule has 0 aliphatic rings. The van der Waals surface area contributed by atoms with E-state index in [1.165, 1.54) is 6.33 Å². The Bertz CT molecular complexity index is 690. The topological polar surface area (TPSA) is 161 Å². The molecule has 0 spiro atoms. The lowest BCUT2D eigenvalue weighted by Gasteiger charge is -2.12. The minimum absolute atomic E-state index is 0.103. The normalized spacial score (nSPS) is 12.2. The summed E-state index contributed by atoms with van der Waals surface area (Å²) in [5, 5.41) is 19.8. The van der Waals surface area contributed by atoms with Crippen LogP contribution in [-0.4, -0.2) is 48.1 Å². The third-order valence-electron chi connectivity index (χ3n) is 2.28. The number of anilines is 1. The summed E-state index contributed by atoms with van der Waals surface area (Å²) in [7, 11) is 0. The first kappa shape index (κ1) is 12.5. The van der Waals surface area contributed by atoms with Crippen LogP contribution in [0, 0.1) is 0 Å². The zero-order valence-corrected chi connectivity index (χ0v) is 9.38. The summed E-state index contributed by atoms with van der Waals surface area (Å²) in [6.45, 7) is 0. The van der Waals surface area contributed by atoms with Crippen LogP contribution in [0.15, 0.2) is 11.1 Å². The number of aromatic nitrogens is 4. The molecule has 0 aliphatic carbocycles. The number of hydrogen-bond donors (Lipinski definition) is 5. The van der Waals surface area contributed by atoms with Crippen LogP contribution in [0.4, 0.5) is 5.95 Å². The van der Waals surface area contributed by atoms with Crippen LogP contribution in [0.1, 0.15) is 6.42 Å². The Morgan fingerprint density at radius 2 is 2.16 bits per heavy atom. The van der Waals surface area contributed by atoms with E-state index in [1.54, 1.807) is 0 Å². The number of imidazole rings is 1. The number of carboxylic acids is 2. The number of aromatic amines is 2. The summed E-state index contributed by atoms with van der Waals surface area (Å²) >= 11 is 0. The van der Waals surface area contributed by atoms with Gasteiger partial charge in [0, 0.05) is 0 Å². The maximum Gasteiger partial charge on any atom is 0.326 e. The van der Waals surface area contributed by atoms with E-state index in [-0.39, 0.29) is 17.1 Å². The number of carbonyl (C=O) groups is 2. The number of aliphatic carboxylic acids is 2. The smallest absolute Gasteiger partial charge is 0.326 e. The first-order valence-electron chi connectivity index (χ1n) is 5.12. The second-order valence-corrected chi connectivity index (χ2v) is 3.65. The Morgan fingerprint density at radius 3 is 2.79 bits per heavy atom. The van der Waals surface area contributed by atoms with E-state index in [9.17, 15) is 14.4 Å². The van der Waals surface area contributed by atoms with Crippen LogP contribution in [0.2, 0.25) is 0 Å². The minimum atomic E-state index is -1.41. The molecule has 0 saturated heterocycles. The monoisotopic (exact) mass is 267 g/mol. The largest absolute Gasteiger partial charge is 0.481 e. The van der Waals surface area contributed by atoms with Gasteiger partial charge in [0.2, 0.25) is 5.95 Å². The fourth-order valence-electron chi connectivity index (χ4n) is 1.45. The highest BCUT2D eigenvalue weighted by molar-refractivity contribution is 5.83. The van der Waals surface area contributed by atoms with Crippen LogP contribution in [0.3, 0.4) is 0 Å². The summed E-state index contributed by atoms with van der Waals surface area (Å²) in [6.07, 6.45) is 0.611. The molecule has 5 N–H and O–H groups in total. The number of nitrogens with one attached hydrogen (secondary N) is 3. The van der Waals surface area contributed by atoms with E-state index in [2.05, 4.69) is 25.3 Å². The van der Waals surface area contributed by atoms with Gasteiger partial charge in [-0.05, 0) is 0 Å². The molecule has 0 aliphatic heterocycles. The lowest BCUT2D eigenvalue weighted by atomic mass is 10.2. The van der Waals surface area contributed by atoms with Crippen molar-refractivity contribution in [2.24, 2.45) is 0 Å². The van der Waals surface area contributed by atoms with Crippen LogP contribution >= 0.6 is 0 Å². The Morgan fingerprint density at radius 1 is 1.42 bits per heavy atom. The van der Waals surface area contributed by atoms with Crippen molar-refractivity contribution in [3.05, 3.63) is 16.7 Å². The second kappa shape index (κ2) is 4.76. The highest BCUT2D eigenvalue weighted by Crippen LogP contribution is 2.06. The van der Waals surface area contributed by atoms with Crippen LogP contribution in [0.25, 0.3) is 11.2 Å². The number of rotatable bonds is 5. The van der Waals surface area contributed by atoms with Crippen molar-refractivity contribution in [1.29, 1.82) is 0 Å². The predicted molar refractivity (Wildman–Crippen MR) is 61.8 cm³/mol. The third kappa shape index (κ3) is 2.68. The molecule has 0 amide bonds. The van der Waals surface area contributed by atoms with Crippen LogP contribution in [0.5, 0.6) is 0 Å². The van der Waals surface area contributed by atoms with Gasteiger partial charge in [-0.3, -0.25) is 14.6 Å². The van der Waals surface area contributed by atoms with Crippen molar-refractivity contribution in [3.8, 4) is 0 Å². The van der Waals surface area contributed by atoms with E-state index in [4.69, 9.17) is 10.2 Å². The highest BCUT2D eigenvalue weighted by Gasteiger charge is 2.22. The summed E-state index contributed by atoms with van der Waals surface area (Å²) in [5.41, 5.74) is -0.286. The maximum absolute atomic E-state index is 11.6. The molecule has 0 saturated carbocycles. The Kier molecular flexibility index (Phi) is 3.14. The average molecular weight is 267 g/mol. The summed E-state index contributed by atoms with van der Waals surface area (Å²) in [6, 6.07) is -1.41. The van der Waals surface area contributed by atoms with Gasteiger partial charge in [0.25, 0.3) is 5.56 Å². The van der Waals surface area contributed by atoms with E-state index in [0.29, 0.717) is 0 Å². The summed E-state index contributed by atoms with van der Waals surface area (Å²) in [4.78, 5) is 45.4. The molecule has 1 atom stereocenters. The Hall–Kier alpha value is -2.91. The fraction of sp³-hybridized carbons (Fsp3) is 0.222. The van der Waals surface area contributed by atoms with Crippen molar-refractivity contribution >= 4 is 29.1 Å². The lowest BCUT2D eigenvalue weighted by molar-refractivity contribution is -0.144. The summed E-state index contributed by atoms with van der Waals surface area (Å²) < 4.78 is 0. The Balaban J connectivity index is 2.30. The standard InChI is InChI=1S/C9H9N5O5/c15-4(16)1-3(8(18)19)12-9-13-6-5(7(17)14-9)10-2-11-6/h2-3H,1H2,(H,15,16)(H,18,19)(H3,10,11,12,13,14,17)/t3-/m1/s1. The number of hydrogen-bond acceptors (Lipinski definition) is 6. The maximum atomic E-state index is 11.6. The van der Waals surface area contributed by atoms with Crippen molar-refractivity contribution in [2.45, 2.75) is 12.5 Å². The quantitative estimate of drug-likeness (QED) is 0.460. The number of nitrogens with zero attached hydrogens (tertiary/aromatic N) is 2. The zero-order chi connectivity index (χ0) is 14.0. The lowest BCUT2D eigenvalue weighted by Crippen LogP contribution is -2.33. The molecule has 2 aromatic heterocycles. The van der Waals surface area contributed by atoms with Gasteiger partial charge < -0.3 is 20.5 Å². The van der Waals surface area contributed by atoms with Gasteiger partial charge in [0.1, 0.15) is 6.04 Å². The zero-order valence-electron chi connectivity index (χ0n) is 9.38. The van der Waals surface area contributed by atoms with Gasteiger partial charge in [-0.1, -0.05) is 0 Å². The predicted octanol–water partition coefficient (Wildman–Crippen LogP) is -1.01. The van der Waals surface area contributed by atoms with Crippen molar-refractivity contribution in [2.75, 3.05) is 5.32 Å². The van der Waals surface area contributed by atoms with Gasteiger partial charge in [-0.2, -0.15) is 4.98 Å². The number of carboxylic acid groups (broad SMARTS) is 2. The molecule has 0 bridgehead atoms. The molecule has 100 valence electrons. The van der Waals surface area contributed by atoms with E-state index in [1.807, 2.05) is 0 Å². The van der Waals surface area contributed by atoms with E-state index >= 15 is 0 Å². The molecular formula is C9H9N5O5. The molecule has 0 fully saturated rings. The molecule has 0 unspecified atom stereocenters. The van der Waals surface area contributed by atoms with Gasteiger partial charge in [-0.25, -0.2) is 9.78 Å². The fourth-order valence-corrected chi connectivity index (χ4v) is 1.45. The van der Waals surface area contributed by atoms with Gasteiger partial charge in [0.05, 0.1) is 12.7 Å². The van der Waals surface area contributed by atoms with Crippen LogP contribution in [-0.2, 0) is 9.59 Å². The van der Waals surface area contributed by atoms with E-state index < -0.39 is 30.0 Å². The second-order valence-electron chi connectivity index (χ2n) is 3.65. The average Bonchev–Trinajstić information content (AvgIpc) is 2.76. The molecule has 2 heterocycles. The minimum Gasteiger partial charge on any atom is -0.481 e. The van der Waals surface area contributed by atoms with Crippen molar-refractivity contribution in [1.82, 2.24) is 19.9 Å². The van der Waals surface area contributed by atoms with Crippen molar-refractivity contribution < 1.29 is 19.8 Å². The first-order valence-corrected chi connectivity index (χ1v) is 5.12. The van der Waals surface area contributed by atoms with Gasteiger partial charge in [0.15, 0.2) is 11.2 Å². The number of fused-ring (bicyclic) bond motifs is 1.